The third-order valence-electron chi connectivity index (χ3n) is 11.7. The molecule has 1 heterocycles. The van der Waals surface area contributed by atoms with Gasteiger partial charge in [0.1, 0.15) is 30.5 Å². The topological polar surface area (TPSA) is 158 Å². The molecule has 1 fully saturated rings. The zero-order valence-corrected chi connectivity index (χ0v) is 38.5. The predicted molar refractivity (Wildman–Crippen MR) is 209 cm³/mol. The van der Waals surface area contributed by atoms with Gasteiger partial charge in [-0.05, 0) is 25.7 Å². The van der Waals surface area contributed by atoms with Crippen LogP contribution in [0.3, 0.4) is 0 Å². The highest BCUT2D eigenvalue weighted by Crippen LogP contribution is 2.61. The number of unbranched alkanes of at least 4 members (excludes halogenated alkanes) is 15. The van der Waals surface area contributed by atoms with Gasteiger partial charge in [0.25, 0.3) is 0 Å². The normalized spacial score (nSPS) is 20.8. The van der Waals surface area contributed by atoms with Crippen molar-refractivity contribution in [3.63, 3.8) is 0 Å². The summed E-state index contributed by atoms with van der Waals surface area (Å²) in [5.74, 6) is -57.9. The van der Waals surface area contributed by atoms with Gasteiger partial charge in [-0.3, -0.25) is 9.59 Å². The number of carbonyl (C=O) groups is 2. The quantitative estimate of drug-likeness (QED) is 0.0271. The average molecular weight is 1120 g/mol. The van der Waals surface area contributed by atoms with E-state index in [0.29, 0.717) is 57.8 Å². The second-order valence-corrected chi connectivity index (χ2v) is 17.6. The van der Waals surface area contributed by atoms with Crippen LogP contribution in [0.2, 0.25) is 0 Å². The van der Waals surface area contributed by atoms with E-state index in [1.807, 2.05) is 0 Å². The van der Waals surface area contributed by atoms with E-state index in [2.05, 4.69) is 10.6 Å². The minimum Gasteiger partial charge on any atom is -0.394 e. The zero-order valence-electron chi connectivity index (χ0n) is 38.5. The number of ether oxygens (including phenoxy) is 2. The van der Waals surface area contributed by atoms with Gasteiger partial charge in [-0.15, -0.1) is 0 Å². The van der Waals surface area contributed by atoms with Crippen LogP contribution in [0.25, 0.3) is 0 Å². The summed E-state index contributed by atoms with van der Waals surface area (Å²) in [5, 5.41) is 44.7. The minimum absolute atomic E-state index is 0.0219. The van der Waals surface area contributed by atoms with Crippen LogP contribution in [0.1, 0.15) is 128 Å². The Bertz CT molecular complexity index is 1650. The van der Waals surface area contributed by atoms with Crippen LogP contribution in [-0.4, -0.2) is 148 Å². The number of nitrogens with one attached hydrogen (secondary N) is 2. The maximum Gasteiger partial charge on any atom is 0.460 e. The van der Waals surface area contributed by atoms with E-state index in [1.165, 1.54) is 0 Å². The number of amides is 2. The molecule has 0 saturated carbocycles. The minimum atomic E-state index is -7.97. The summed E-state index contributed by atoms with van der Waals surface area (Å²) in [7, 11) is 0. The van der Waals surface area contributed by atoms with Crippen molar-refractivity contribution in [3.8, 4) is 0 Å². The molecule has 0 aliphatic carbocycles. The molecule has 0 aromatic rings. The standard InChI is InChI=1S/C41H58F22N2O8/c42-32(43,34(46,47)36(50,51)37(52,53)39(56,57)41(61,62)63)19-15-11-8-4-2-6-10-14-18-26(67)65-24(23-72-31-29(70)28(69)27(68)25(22-66)73-31)30(71)64-21-17-13-9-5-1-3-7-12-16-20-33(44,45)35(48,49)38(54,55)40(58,59)60/h24-25,27-29,31,66,68-70H,1-23H2,(H,64,71)(H,65,67)/t24-,25+,27-,28-,29+,31+/m0/s1. The molecular formula is C41H58F22N2O8. The first kappa shape index (κ1) is 68.2. The summed E-state index contributed by atoms with van der Waals surface area (Å²) in [6, 6.07) is -1.48. The van der Waals surface area contributed by atoms with Gasteiger partial charge in [-0.25, -0.2) is 0 Å². The number of aliphatic hydroxyl groups is 4. The first-order chi connectivity index (χ1) is 33.1. The van der Waals surface area contributed by atoms with Crippen molar-refractivity contribution in [1.29, 1.82) is 0 Å². The van der Waals surface area contributed by atoms with Crippen molar-refractivity contribution in [3.05, 3.63) is 0 Å². The summed E-state index contributed by atoms with van der Waals surface area (Å²) in [6.45, 7) is -1.51. The number of rotatable bonds is 35. The van der Waals surface area contributed by atoms with Crippen LogP contribution in [0.4, 0.5) is 96.6 Å². The molecule has 0 aromatic carbocycles. The lowest BCUT2D eigenvalue weighted by Crippen LogP contribution is -2.70. The van der Waals surface area contributed by atoms with Gasteiger partial charge in [0.2, 0.25) is 11.8 Å². The highest BCUT2D eigenvalue weighted by Gasteiger charge is 2.90. The molecule has 1 aliphatic heterocycles. The van der Waals surface area contributed by atoms with Crippen LogP contribution in [0.5, 0.6) is 0 Å². The Morgan fingerprint density at radius 3 is 1.23 bits per heavy atom. The Hall–Kier alpha value is -2.84. The second-order valence-electron chi connectivity index (χ2n) is 17.6. The number of hydrogen-bond donors (Lipinski definition) is 6. The van der Waals surface area contributed by atoms with Crippen molar-refractivity contribution in [2.24, 2.45) is 0 Å². The summed E-state index contributed by atoms with van der Waals surface area (Å²) in [5.41, 5.74) is 0. The molecule has 73 heavy (non-hydrogen) atoms. The number of halogens is 22. The van der Waals surface area contributed by atoms with Crippen LogP contribution in [0.15, 0.2) is 0 Å². The molecule has 6 atom stereocenters. The lowest BCUT2D eigenvalue weighted by atomic mass is 9.91. The van der Waals surface area contributed by atoms with Gasteiger partial charge in [-0.2, -0.15) is 96.6 Å². The second kappa shape index (κ2) is 27.5. The lowest BCUT2D eigenvalue weighted by molar-refractivity contribution is -0.440. The van der Waals surface area contributed by atoms with Crippen molar-refractivity contribution < 1.29 is 136 Å². The Kier molecular flexibility index (Phi) is 25.6. The van der Waals surface area contributed by atoms with Crippen molar-refractivity contribution in [2.75, 3.05) is 19.8 Å². The highest BCUT2D eigenvalue weighted by atomic mass is 19.4. The number of hydrogen-bond acceptors (Lipinski definition) is 8. The summed E-state index contributed by atoms with van der Waals surface area (Å²) in [6.07, 6.45) is -25.6. The van der Waals surface area contributed by atoms with Crippen LogP contribution < -0.4 is 10.6 Å². The van der Waals surface area contributed by atoms with Crippen molar-refractivity contribution in [2.45, 2.75) is 225 Å². The average Bonchev–Trinajstić information content (AvgIpc) is 3.27. The molecule has 1 rings (SSSR count). The third kappa shape index (κ3) is 17.3. The fourth-order valence-electron chi connectivity index (χ4n) is 7.11. The third-order valence-corrected chi connectivity index (χ3v) is 11.7. The van der Waals surface area contributed by atoms with Gasteiger partial charge in [0.15, 0.2) is 6.29 Å². The fourth-order valence-corrected chi connectivity index (χ4v) is 7.11. The maximum atomic E-state index is 14.0. The van der Waals surface area contributed by atoms with E-state index in [4.69, 9.17) is 9.47 Å². The largest absolute Gasteiger partial charge is 0.460 e. The van der Waals surface area contributed by atoms with Gasteiger partial charge in [0.05, 0.1) is 13.2 Å². The molecule has 0 radical (unpaired) electrons. The molecule has 0 spiro atoms. The first-order valence-corrected chi connectivity index (χ1v) is 22.8. The first-order valence-electron chi connectivity index (χ1n) is 22.8. The van der Waals surface area contributed by atoms with Gasteiger partial charge < -0.3 is 40.5 Å². The summed E-state index contributed by atoms with van der Waals surface area (Å²) >= 11 is 0. The molecule has 0 aromatic heterocycles. The van der Waals surface area contributed by atoms with Crippen LogP contribution >= 0.6 is 0 Å². The van der Waals surface area contributed by atoms with E-state index in [-0.39, 0.29) is 45.1 Å². The molecule has 1 saturated heterocycles. The smallest absolute Gasteiger partial charge is 0.394 e. The van der Waals surface area contributed by atoms with Crippen LogP contribution in [-0.2, 0) is 19.1 Å². The number of alkyl halides is 22. The molecule has 0 bridgehead atoms. The highest BCUT2D eigenvalue weighted by molar-refractivity contribution is 5.87. The van der Waals surface area contributed by atoms with Gasteiger partial charge >= 0.3 is 59.7 Å². The monoisotopic (exact) mass is 1120 g/mol. The van der Waals surface area contributed by atoms with E-state index in [1.54, 1.807) is 0 Å². The maximum absolute atomic E-state index is 14.0. The van der Waals surface area contributed by atoms with E-state index >= 15 is 0 Å². The molecule has 1 aliphatic rings. The molecular weight excluding hydrogens is 1070 g/mol. The Labute approximate surface area is 403 Å². The van der Waals surface area contributed by atoms with Gasteiger partial charge in [0, 0.05) is 25.8 Å². The van der Waals surface area contributed by atoms with Gasteiger partial charge in [-0.1, -0.05) is 83.5 Å². The van der Waals surface area contributed by atoms with E-state index < -0.39 is 154 Å². The summed E-state index contributed by atoms with van der Waals surface area (Å²) in [4.78, 5) is 25.9. The Morgan fingerprint density at radius 2 is 0.822 bits per heavy atom. The van der Waals surface area contributed by atoms with Crippen LogP contribution in [0, 0.1) is 0 Å². The molecule has 0 unspecified atom stereocenters. The number of aliphatic hydroxyl groups excluding tert-OH is 4. The van der Waals surface area contributed by atoms with E-state index in [0.717, 1.165) is 0 Å². The zero-order chi connectivity index (χ0) is 56.7. The van der Waals surface area contributed by atoms with Crippen molar-refractivity contribution in [1.82, 2.24) is 10.6 Å². The molecule has 2 amide bonds. The SMILES string of the molecule is O=C(CCCCCCCCCCC(F)(F)C(F)(F)C(F)(F)C(F)(F)C(F)(F)C(F)(F)F)N[C@@H](CO[C@@H]1O[C@H](CO)[C@H](O)[C@H](O)[C@H]1O)C(=O)NCCCCCCCCCCCC(F)(F)C(F)(F)C(F)(F)C(F)(F)F. The number of carbonyl (C=O) groups excluding carboxylic acids is 2. The molecule has 6 N–H and O–H groups in total. The molecule has 10 nitrogen and oxygen atoms in total. The molecule has 434 valence electrons. The summed E-state index contributed by atoms with van der Waals surface area (Å²) < 4.78 is 300. The predicted octanol–water partition coefficient (Wildman–Crippen LogP) is 10.4. The lowest BCUT2D eigenvalue weighted by Gasteiger charge is -2.39. The van der Waals surface area contributed by atoms with E-state index in [9.17, 15) is 127 Å². The molecule has 32 heteroatoms. The fraction of sp³-hybridized carbons (Fsp3) is 0.951. The van der Waals surface area contributed by atoms with Crippen molar-refractivity contribution >= 4 is 11.8 Å². The Morgan fingerprint density at radius 1 is 0.466 bits per heavy atom. The Balaban J connectivity index is 2.58.